The van der Waals surface area contributed by atoms with E-state index in [-0.39, 0.29) is 30.3 Å². The summed E-state index contributed by atoms with van der Waals surface area (Å²) >= 11 is 0. The molecule has 8 nitrogen and oxygen atoms in total. The van der Waals surface area contributed by atoms with Gasteiger partial charge in [-0.05, 0) is 32.4 Å². The third-order valence-electron chi connectivity index (χ3n) is 3.11. The topological polar surface area (TPSA) is 122 Å². The molecule has 0 atom stereocenters. The number of anilines is 1. The van der Waals surface area contributed by atoms with Crippen molar-refractivity contribution in [1.82, 2.24) is 15.6 Å². The van der Waals surface area contributed by atoms with Gasteiger partial charge in [0.15, 0.2) is 6.19 Å². The number of hydrogen-bond donors (Lipinski definition) is 4. The van der Waals surface area contributed by atoms with Crippen LogP contribution in [0.25, 0.3) is 0 Å². The Morgan fingerprint density at radius 1 is 1.48 bits per heavy atom. The second kappa shape index (κ2) is 8.70. The maximum absolute atomic E-state index is 11.7. The van der Waals surface area contributed by atoms with Gasteiger partial charge in [0.25, 0.3) is 5.91 Å². The first-order valence-electron chi connectivity index (χ1n) is 7.29. The van der Waals surface area contributed by atoms with E-state index in [0.717, 1.165) is 6.42 Å². The van der Waals surface area contributed by atoms with E-state index in [1.54, 1.807) is 12.1 Å². The Morgan fingerprint density at radius 3 is 2.74 bits per heavy atom. The van der Waals surface area contributed by atoms with Crippen LogP contribution in [0, 0.1) is 11.5 Å². The number of aliphatic imine (C=N–C) groups is 1. The number of amides is 1. The van der Waals surface area contributed by atoms with Crippen molar-refractivity contribution in [3.8, 4) is 6.19 Å². The number of nitrogens with one attached hydrogen (secondary N) is 3. The first kappa shape index (κ1) is 18.4. The minimum atomic E-state index is -0.359. The molecule has 0 spiro atoms. The highest BCUT2D eigenvalue weighted by molar-refractivity contribution is 5.96. The highest BCUT2D eigenvalue weighted by Gasteiger charge is 2.15. The molecule has 1 amide bonds. The minimum absolute atomic E-state index is 0.127. The zero-order chi connectivity index (χ0) is 17.3. The molecule has 0 saturated heterocycles. The van der Waals surface area contributed by atoms with Crippen LogP contribution in [0.2, 0.25) is 0 Å². The van der Waals surface area contributed by atoms with Crippen molar-refractivity contribution in [2.24, 2.45) is 4.99 Å². The number of guanidine groups is 1. The highest BCUT2D eigenvalue weighted by Crippen LogP contribution is 2.14. The molecule has 0 bridgehead atoms. The van der Waals surface area contributed by atoms with E-state index in [4.69, 9.17) is 10.4 Å². The van der Waals surface area contributed by atoms with E-state index < -0.39 is 0 Å². The molecule has 0 aliphatic rings. The Hall–Kier alpha value is -2.66. The minimum Gasteiger partial charge on any atom is -0.395 e. The van der Waals surface area contributed by atoms with Crippen LogP contribution >= 0.6 is 0 Å². The summed E-state index contributed by atoms with van der Waals surface area (Å²) in [6, 6.07) is 3.21. The van der Waals surface area contributed by atoms with Gasteiger partial charge in [0.2, 0.25) is 5.96 Å². The van der Waals surface area contributed by atoms with Gasteiger partial charge in [-0.1, -0.05) is 6.92 Å². The Bertz CT molecular complexity index is 589. The molecule has 8 heteroatoms. The van der Waals surface area contributed by atoms with Crippen molar-refractivity contribution in [3.63, 3.8) is 0 Å². The van der Waals surface area contributed by atoms with E-state index in [1.807, 2.05) is 27.0 Å². The lowest BCUT2D eigenvalue weighted by atomic mass is 10.0. The standard InChI is InChI=1S/C15H22N6O2/c1-4-15(2,3)21-14(19-10-16)20-11-5-6-12(18-9-11)13(23)17-7-8-22/h5-6,9,22H,4,7-8H2,1-3H3,(H,17,23)(H2,19,20,21). The number of aliphatic hydroxyl groups is 1. The molecule has 124 valence electrons. The molecular formula is C15H22N6O2. The van der Waals surface area contributed by atoms with Gasteiger partial charge in [0, 0.05) is 6.54 Å². The molecule has 0 aliphatic heterocycles. The smallest absolute Gasteiger partial charge is 0.269 e. The molecule has 1 aromatic rings. The van der Waals surface area contributed by atoms with Gasteiger partial charge in [0.05, 0.1) is 24.0 Å². The molecule has 0 aromatic carbocycles. The van der Waals surface area contributed by atoms with E-state index in [1.165, 1.54) is 6.20 Å². The van der Waals surface area contributed by atoms with Crippen LogP contribution in [-0.2, 0) is 0 Å². The molecule has 1 heterocycles. The van der Waals surface area contributed by atoms with Crippen LogP contribution in [0.15, 0.2) is 23.3 Å². The van der Waals surface area contributed by atoms with E-state index >= 15 is 0 Å². The Balaban J connectivity index is 2.83. The monoisotopic (exact) mass is 318 g/mol. The van der Waals surface area contributed by atoms with Crippen molar-refractivity contribution in [2.45, 2.75) is 32.7 Å². The molecule has 0 fully saturated rings. The second-order valence-electron chi connectivity index (χ2n) is 5.40. The lowest BCUT2D eigenvalue weighted by molar-refractivity contribution is 0.0940. The van der Waals surface area contributed by atoms with Gasteiger partial charge in [0.1, 0.15) is 5.69 Å². The van der Waals surface area contributed by atoms with Crippen LogP contribution < -0.4 is 16.0 Å². The summed E-state index contributed by atoms with van der Waals surface area (Å²) < 4.78 is 0. The average molecular weight is 318 g/mol. The van der Waals surface area contributed by atoms with Gasteiger partial charge < -0.3 is 15.7 Å². The average Bonchev–Trinajstić information content (AvgIpc) is 2.53. The Morgan fingerprint density at radius 2 is 2.22 bits per heavy atom. The quantitative estimate of drug-likeness (QED) is 0.267. The van der Waals surface area contributed by atoms with Gasteiger partial charge in [-0.2, -0.15) is 5.26 Å². The lowest BCUT2D eigenvalue weighted by Crippen LogP contribution is -2.31. The fraction of sp³-hybridized carbons (Fsp3) is 0.467. The normalized spacial score (nSPS) is 11.5. The van der Waals surface area contributed by atoms with Crippen LogP contribution in [0.1, 0.15) is 37.7 Å². The number of carbonyl (C=O) groups is 1. The number of nitriles is 1. The molecule has 0 radical (unpaired) electrons. The fourth-order valence-corrected chi connectivity index (χ4v) is 1.52. The molecule has 1 rings (SSSR count). The third kappa shape index (κ3) is 6.32. The third-order valence-corrected chi connectivity index (χ3v) is 3.11. The molecule has 0 saturated carbocycles. The predicted octanol–water partition coefficient (Wildman–Crippen LogP) is 0.831. The van der Waals surface area contributed by atoms with Crippen LogP contribution in [0.4, 0.5) is 5.69 Å². The summed E-state index contributed by atoms with van der Waals surface area (Å²) in [6.45, 7) is 5.98. The zero-order valence-electron chi connectivity index (χ0n) is 13.6. The van der Waals surface area contributed by atoms with E-state index in [9.17, 15) is 4.79 Å². The summed E-state index contributed by atoms with van der Waals surface area (Å²) in [5, 5.41) is 25.5. The van der Waals surface area contributed by atoms with Crippen LogP contribution in [-0.4, -0.2) is 40.6 Å². The fourth-order valence-electron chi connectivity index (χ4n) is 1.52. The number of aliphatic hydroxyl groups excluding tert-OH is 1. The predicted molar refractivity (Wildman–Crippen MR) is 87.8 cm³/mol. The number of rotatable bonds is 6. The maximum Gasteiger partial charge on any atom is 0.269 e. The molecule has 1 aromatic heterocycles. The van der Waals surface area contributed by atoms with Crippen LogP contribution in [0.5, 0.6) is 0 Å². The van der Waals surface area contributed by atoms with Gasteiger partial charge in [-0.25, -0.2) is 9.98 Å². The van der Waals surface area contributed by atoms with Gasteiger partial charge in [-0.15, -0.1) is 0 Å². The second-order valence-corrected chi connectivity index (χ2v) is 5.40. The molecule has 0 unspecified atom stereocenters. The van der Waals surface area contributed by atoms with Crippen molar-refractivity contribution in [3.05, 3.63) is 24.0 Å². The molecule has 23 heavy (non-hydrogen) atoms. The number of aromatic nitrogens is 1. The van der Waals surface area contributed by atoms with Gasteiger partial charge in [-0.3, -0.25) is 10.1 Å². The van der Waals surface area contributed by atoms with Crippen molar-refractivity contribution in [1.29, 1.82) is 5.26 Å². The summed E-state index contributed by atoms with van der Waals surface area (Å²) in [4.78, 5) is 20.2. The summed E-state index contributed by atoms with van der Waals surface area (Å²) in [6.07, 6.45) is 4.12. The molecule has 0 aliphatic carbocycles. The van der Waals surface area contributed by atoms with E-state index in [0.29, 0.717) is 11.6 Å². The zero-order valence-corrected chi connectivity index (χ0v) is 13.6. The largest absolute Gasteiger partial charge is 0.395 e. The SMILES string of the molecule is CCC(C)(C)N=C(NC#N)Nc1ccc(C(=O)NCCO)nc1. The van der Waals surface area contributed by atoms with Crippen molar-refractivity contribution >= 4 is 17.6 Å². The molecule has 4 N–H and O–H groups in total. The Labute approximate surface area is 135 Å². The van der Waals surface area contributed by atoms with Crippen molar-refractivity contribution < 1.29 is 9.90 Å². The van der Waals surface area contributed by atoms with E-state index in [2.05, 4.69) is 25.9 Å². The Kier molecular flexibility index (Phi) is 6.96. The summed E-state index contributed by atoms with van der Waals surface area (Å²) in [7, 11) is 0. The first-order valence-corrected chi connectivity index (χ1v) is 7.29. The van der Waals surface area contributed by atoms with Gasteiger partial charge >= 0.3 is 0 Å². The van der Waals surface area contributed by atoms with Crippen molar-refractivity contribution in [2.75, 3.05) is 18.5 Å². The number of carbonyl (C=O) groups excluding carboxylic acids is 1. The summed E-state index contributed by atoms with van der Waals surface area (Å²) in [5.41, 5.74) is 0.519. The lowest BCUT2D eigenvalue weighted by Gasteiger charge is -2.19. The number of hydrogen-bond acceptors (Lipinski definition) is 5. The maximum atomic E-state index is 11.7. The number of pyridine rings is 1. The molecular weight excluding hydrogens is 296 g/mol. The highest BCUT2D eigenvalue weighted by atomic mass is 16.3. The number of nitrogens with zero attached hydrogens (tertiary/aromatic N) is 3. The summed E-state index contributed by atoms with van der Waals surface area (Å²) in [5.74, 6) is -0.0413. The van der Waals surface area contributed by atoms with Crippen LogP contribution in [0.3, 0.4) is 0 Å². The first-order chi connectivity index (χ1) is 10.9.